The Hall–Kier alpha value is -1.55. The lowest BCUT2D eigenvalue weighted by molar-refractivity contribution is 0.0843. The van der Waals surface area contributed by atoms with Gasteiger partial charge in [0.25, 0.3) is 0 Å². The number of piperidine rings is 1. The maximum atomic E-state index is 11.8. The molecule has 2 rings (SSSR count). The predicted octanol–water partition coefficient (Wildman–Crippen LogP) is 1.40. The number of rotatable bonds is 3. The Morgan fingerprint density at radius 2 is 2.17 bits per heavy atom. The Bertz CT molecular complexity index is 381. The van der Waals surface area contributed by atoms with Crippen LogP contribution in [0.25, 0.3) is 0 Å². The molecule has 1 fully saturated rings. The van der Waals surface area contributed by atoms with E-state index in [1.165, 1.54) is 5.56 Å². The van der Waals surface area contributed by atoms with Crippen molar-refractivity contribution in [1.82, 2.24) is 10.2 Å². The topological polar surface area (TPSA) is 52.6 Å². The van der Waals surface area contributed by atoms with Gasteiger partial charge in [0.15, 0.2) is 0 Å². The number of aliphatic hydroxyl groups is 1. The van der Waals surface area contributed by atoms with Crippen LogP contribution in [0, 0.1) is 0 Å². The Kier molecular flexibility index (Phi) is 4.59. The lowest BCUT2D eigenvalue weighted by atomic mass is 10.1. The highest BCUT2D eigenvalue weighted by atomic mass is 16.3. The first-order valence-electron chi connectivity index (χ1n) is 6.50. The molecule has 1 aliphatic rings. The minimum absolute atomic E-state index is 0.0651. The third-order valence-electron chi connectivity index (χ3n) is 3.22. The van der Waals surface area contributed by atoms with Crippen molar-refractivity contribution < 1.29 is 9.90 Å². The van der Waals surface area contributed by atoms with E-state index in [0.29, 0.717) is 13.1 Å². The lowest BCUT2D eigenvalue weighted by Crippen LogP contribution is -2.47. The molecule has 1 aromatic carbocycles. The zero-order chi connectivity index (χ0) is 12.8. The summed E-state index contributed by atoms with van der Waals surface area (Å²) in [6.45, 7) is 1.83. The molecule has 0 aliphatic carbocycles. The summed E-state index contributed by atoms with van der Waals surface area (Å²) in [7, 11) is 0. The second kappa shape index (κ2) is 6.40. The number of hydrogen-bond donors (Lipinski definition) is 2. The normalized spacial score (nSPS) is 19.6. The van der Waals surface area contributed by atoms with Gasteiger partial charge in [0.1, 0.15) is 0 Å². The van der Waals surface area contributed by atoms with Gasteiger partial charge in [0, 0.05) is 19.6 Å². The Morgan fingerprint density at radius 3 is 2.89 bits per heavy atom. The van der Waals surface area contributed by atoms with Gasteiger partial charge < -0.3 is 15.3 Å². The van der Waals surface area contributed by atoms with Crippen molar-refractivity contribution in [1.29, 1.82) is 0 Å². The van der Waals surface area contributed by atoms with Gasteiger partial charge in [-0.3, -0.25) is 0 Å². The van der Waals surface area contributed by atoms with E-state index in [0.717, 1.165) is 25.8 Å². The first-order valence-corrected chi connectivity index (χ1v) is 6.50. The molecule has 1 atom stereocenters. The molecule has 2 N–H and O–H groups in total. The van der Waals surface area contributed by atoms with Gasteiger partial charge >= 0.3 is 6.03 Å². The largest absolute Gasteiger partial charge is 0.391 e. The fourth-order valence-electron chi connectivity index (χ4n) is 2.21. The van der Waals surface area contributed by atoms with Crippen molar-refractivity contribution in [2.24, 2.45) is 0 Å². The molecular weight excluding hydrogens is 228 g/mol. The van der Waals surface area contributed by atoms with Crippen molar-refractivity contribution in [3.63, 3.8) is 0 Å². The van der Waals surface area contributed by atoms with E-state index in [4.69, 9.17) is 0 Å². The average molecular weight is 248 g/mol. The molecule has 4 nitrogen and oxygen atoms in total. The molecule has 2 amide bonds. The SMILES string of the molecule is O=C(NCCc1ccccc1)N1CCCC(O)C1. The van der Waals surface area contributed by atoms with Crippen LogP contribution in [0.5, 0.6) is 0 Å². The molecule has 0 aromatic heterocycles. The van der Waals surface area contributed by atoms with Gasteiger partial charge in [-0.25, -0.2) is 4.79 Å². The van der Waals surface area contributed by atoms with Crippen molar-refractivity contribution in [3.05, 3.63) is 35.9 Å². The van der Waals surface area contributed by atoms with E-state index in [1.54, 1.807) is 4.90 Å². The first-order chi connectivity index (χ1) is 8.75. The molecule has 4 heteroatoms. The standard InChI is InChI=1S/C14H20N2O2/c17-13-7-4-10-16(11-13)14(18)15-9-8-12-5-2-1-3-6-12/h1-3,5-6,13,17H,4,7-11H2,(H,15,18). The zero-order valence-electron chi connectivity index (χ0n) is 10.5. The lowest BCUT2D eigenvalue weighted by Gasteiger charge is -2.30. The number of aliphatic hydroxyl groups excluding tert-OH is 1. The molecule has 1 aliphatic heterocycles. The molecule has 1 saturated heterocycles. The van der Waals surface area contributed by atoms with Gasteiger partial charge in [0.05, 0.1) is 6.10 Å². The van der Waals surface area contributed by atoms with Crippen LogP contribution in [0.3, 0.4) is 0 Å². The summed E-state index contributed by atoms with van der Waals surface area (Å²) in [4.78, 5) is 13.5. The van der Waals surface area contributed by atoms with E-state index in [-0.39, 0.29) is 12.1 Å². The average Bonchev–Trinajstić information content (AvgIpc) is 2.40. The molecule has 0 bridgehead atoms. The molecule has 18 heavy (non-hydrogen) atoms. The molecule has 1 unspecified atom stereocenters. The van der Waals surface area contributed by atoms with Crippen LogP contribution < -0.4 is 5.32 Å². The van der Waals surface area contributed by atoms with Crippen molar-refractivity contribution >= 4 is 6.03 Å². The van der Waals surface area contributed by atoms with E-state index >= 15 is 0 Å². The highest BCUT2D eigenvalue weighted by Crippen LogP contribution is 2.09. The zero-order valence-corrected chi connectivity index (χ0v) is 10.5. The van der Waals surface area contributed by atoms with Crippen LogP contribution in [-0.2, 0) is 6.42 Å². The summed E-state index contributed by atoms with van der Waals surface area (Å²) in [5, 5.41) is 12.4. The third kappa shape index (κ3) is 3.74. The first kappa shape index (κ1) is 12.9. The second-order valence-electron chi connectivity index (χ2n) is 4.71. The van der Waals surface area contributed by atoms with Crippen molar-refractivity contribution in [2.75, 3.05) is 19.6 Å². The summed E-state index contributed by atoms with van der Waals surface area (Å²) >= 11 is 0. The number of β-amino-alcohol motifs (C(OH)–C–C–N with tert-alkyl or cyclic N) is 1. The number of likely N-dealkylation sites (tertiary alicyclic amines) is 1. The molecule has 0 spiro atoms. The molecular formula is C14H20N2O2. The van der Waals surface area contributed by atoms with Gasteiger partial charge in [0.2, 0.25) is 0 Å². The third-order valence-corrected chi connectivity index (χ3v) is 3.22. The minimum Gasteiger partial charge on any atom is -0.391 e. The molecule has 1 aromatic rings. The Labute approximate surface area is 108 Å². The number of carbonyl (C=O) groups excluding carboxylic acids is 1. The van der Waals surface area contributed by atoms with Crippen molar-refractivity contribution in [3.8, 4) is 0 Å². The van der Waals surface area contributed by atoms with Crippen LogP contribution in [0.2, 0.25) is 0 Å². The summed E-state index contributed by atoms with van der Waals surface area (Å²) in [5.41, 5.74) is 1.22. The Morgan fingerprint density at radius 1 is 1.39 bits per heavy atom. The number of benzene rings is 1. The number of hydrogen-bond acceptors (Lipinski definition) is 2. The van der Waals surface area contributed by atoms with Crippen LogP contribution in [-0.4, -0.2) is 41.8 Å². The Balaban J connectivity index is 1.71. The van der Waals surface area contributed by atoms with E-state index in [1.807, 2.05) is 18.2 Å². The number of carbonyl (C=O) groups is 1. The van der Waals surface area contributed by atoms with E-state index in [9.17, 15) is 9.90 Å². The van der Waals surface area contributed by atoms with Crippen molar-refractivity contribution in [2.45, 2.75) is 25.4 Å². The van der Waals surface area contributed by atoms with Crippen LogP contribution in [0.15, 0.2) is 30.3 Å². The number of amides is 2. The second-order valence-corrected chi connectivity index (χ2v) is 4.71. The molecule has 0 saturated carbocycles. The summed E-state index contributed by atoms with van der Waals surface area (Å²) < 4.78 is 0. The molecule has 0 radical (unpaired) electrons. The van der Waals surface area contributed by atoms with Crippen LogP contribution >= 0.6 is 0 Å². The maximum Gasteiger partial charge on any atom is 0.317 e. The fourth-order valence-corrected chi connectivity index (χ4v) is 2.21. The highest BCUT2D eigenvalue weighted by Gasteiger charge is 2.21. The number of nitrogens with one attached hydrogen (secondary N) is 1. The maximum absolute atomic E-state index is 11.8. The molecule has 98 valence electrons. The van der Waals surface area contributed by atoms with Gasteiger partial charge in [-0.15, -0.1) is 0 Å². The molecule has 1 heterocycles. The summed E-state index contributed by atoms with van der Waals surface area (Å²) in [6, 6.07) is 10.0. The van der Waals surface area contributed by atoms with Gasteiger partial charge in [-0.2, -0.15) is 0 Å². The quantitative estimate of drug-likeness (QED) is 0.849. The van der Waals surface area contributed by atoms with E-state index < -0.39 is 0 Å². The highest BCUT2D eigenvalue weighted by molar-refractivity contribution is 5.74. The fraction of sp³-hybridized carbons (Fsp3) is 0.500. The van der Waals surface area contributed by atoms with Crippen LogP contribution in [0.1, 0.15) is 18.4 Å². The monoisotopic (exact) mass is 248 g/mol. The van der Waals surface area contributed by atoms with Gasteiger partial charge in [-0.1, -0.05) is 30.3 Å². The summed E-state index contributed by atoms with van der Waals surface area (Å²) in [6.07, 6.45) is 2.16. The van der Waals surface area contributed by atoms with Gasteiger partial charge in [-0.05, 0) is 24.8 Å². The number of urea groups is 1. The van der Waals surface area contributed by atoms with Crippen LogP contribution in [0.4, 0.5) is 4.79 Å². The predicted molar refractivity (Wildman–Crippen MR) is 70.4 cm³/mol. The summed E-state index contributed by atoms with van der Waals surface area (Å²) in [5.74, 6) is 0. The minimum atomic E-state index is -0.362. The van der Waals surface area contributed by atoms with E-state index in [2.05, 4.69) is 17.4 Å². The smallest absolute Gasteiger partial charge is 0.317 e. The number of nitrogens with zero attached hydrogens (tertiary/aromatic N) is 1.